The van der Waals surface area contributed by atoms with Gasteiger partial charge in [0.1, 0.15) is 0 Å². The third-order valence-corrected chi connectivity index (χ3v) is 5.93. The topological polar surface area (TPSA) is 66.4 Å². The van der Waals surface area contributed by atoms with Crippen LogP contribution in [0, 0.1) is 5.92 Å². The maximum atomic E-state index is 12.1. The molecule has 0 amide bonds. The largest absolute Gasteiger partial charge is 0.466 e. The van der Waals surface area contributed by atoms with E-state index in [0.29, 0.717) is 19.7 Å². The Labute approximate surface area is 209 Å². The first-order valence-electron chi connectivity index (χ1n) is 11.6. The van der Waals surface area contributed by atoms with Gasteiger partial charge in [-0.05, 0) is 44.7 Å². The number of hydrogen-bond acceptors (Lipinski definition) is 5. The number of halogens is 1. The fourth-order valence-corrected chi connectivity index (χ4v) is 4.57. The zero-order valence-electron chi connectivity index (χ0n) is 19.9. The highest BCUT2D eigenvalue weighted by molar-refractivity contribution is 14.0. The van der Waals surface area contributed by atoms with Crippen molar-refractivity contribution in [3.8, 4) is 0 Å². The molecule has 2 fully saturated rings. The molecule has 0 saturated carbocycles. The fraction of sp³-hybridized carbons (Fsp3) is 0.667. The maximum Gasteiger partial charge on any atom is 0.310 e. The van der Waals surface area contributed by atoms with Gasteiger partial charge in [0.2, 0.25) is 0 Å². The van der Waals surface area contributed by atoms with E-state index in [1.54, 1.807) is 7.05 Å². The van der Waals surface area contributed by atoms with Crippen LogP contribution in [0.3, 0.4) is 0 Å². The molecule has 1 aromatic rings. The minimum Gasteiger partial charge on any atom is -0.466 e. The van der Waals surface area contributed by atoms with Gasteiger partial charge in [-0.2, -0.15) is 0 Å². The number of piperidine rings is 1. The number of morpholine rings is 1. The van der Waals surface area contributed by atoms with Gasteiger partial charge in [0.25, 0.3) is 0 Å². The van der Waals surface area contributed by atoms with Crippen LogP contribution < -0.4 is 5.32 Å². The summed E-state index contributed by atoms with van der Waals surface area (Å²) in [6.07, 6.45) is 2.43. The van der Waals surface area contributed by atoms with Crippen LogP contribution in [-0.4, -0.2) is 73.8 Å². The van der Waals surface area contributed by atoms with Crippen molar-refractivity contribution >= 4 is 35.9 Å². The van der Waals surface area contributed by atoms with Crippen molar-refractivity contribution in [1.82, 2.24) is 15.1 Å². The lowest BCUT2D eigenvalue weighted by Crippen LogP contribution is -2.48. The molecule has 7 nitrogen and oxygen atoms in total. The normalized spacial score (nSPS) is 24.6. The lowest BCUT2D eigenvalue weighted by molar-refractivity contribution is -0.149. The molecule has 0 spiro atoms. The third-order valence-electron chi connectivity index (χ3n) is 5.93. The number of hydrogen-bond donors (Lipinski definition) is 1. The van der Waals surface area contributed by atoms with Crippen LogP contribution in [-0.2, 0) is 27.4 Å². The van der Waals surface area contributed by atoms with Crippen LogP contribution in [0.1, 0.15) is 44.7 Å². The van der Waals surface area contributed by atoms with Crippen molar-refractivity contribution in [1.29, 1.82) is 0 Å². The van der Waals surface area contributed by atoms with Gasteiger partial charge in [0.05, 0.1) is 24.7 Å². The molecule has 32 heavy (non-hydrogen) atoms. The number of nitrogens with one attached hydrogen (secondary N) is 1. The van der Waals surface area contributed by atoms with Gasteiger partial charge in [-0.15, -0.1) is 24.0 Å². The smallest absolute Gasteiger partial charge is 0.310 e. The number of guanidine groups is 1. The van der Waals surface area contributed by atoms with E-state index in [2.05, 4.69) is 58.2 Å². The first-order chi connectivity index (χ1) is 15.0. The van der Waals surface area contributed by atoms with E-state index in [4.69, 9.17) is 9.47 Å². The number of aliphatic imine (C=N–C) groups is 1. The van der Waals surface area contributed by atoms with Crippen molar-refractivity contribution in [2.24, 2.45) is 10.9 Å². The van der Waals surface area contributed by atoms with Gasteiger partial charge in [-0.25, -0.2) is 0 Å². The van der Waals surface area contributed by atoms with Crippen LogP contribution >= 0.6 is 24.0 Å². The molecule has 180 valence electrons. The Hall–Kier alpha value is -1.39. The van der Waals surface area contributed by atoms with Gasteiger partial charge in [0.15, 0.2) is 5.96 Å². The minimum absolute atomic E-state index is 0. The molecule has 2 saturated heterocycles. The Kier molecular flexibility index (Phi) is 11.2. The van der Waals surface area contributed by atoms with E-state index in [1.807, 2.05) is 6.92 Å². The standard InChI is InChI=1S/C24H38N4O3.HI/c1-5-30-23(29)22-7-6-12-28(17-22)24(25-4)26-13-20-8-10-21(11-9-20)16-27-14-18(2)31-19(3)15-27;/h8-11,18-19,22H,5-7,12-17H2,1-4H3,(H,25,26);1H. The zero-order chi connectivity index (χ0) is 22.2. The number of likely N-dealkylation sites (tertiary alicyclic amines) is 1. The summed E-state index contributed by atoms with van der Waals surface area (Å²) in [6, 6.07) is 8.78. The quantitative estimate of drug-likeness (QED) is 0.250. The summed E-state index contributed by atoms with van der Waals surface area (Å²) >= 11 is 0. The predicted molar refractivity (Wildman–Crippen MR) is 138 cm³/mol. The average molecular weight is 559 g/mol. The predicted octanol–water partition coefficient (Wildman–Crippen LogP) is 3.26. The van der Waals surface area contributed by atoms with E-state index in [-0.39, 0.29) is 48.1 Å². The molecule has 0 radical (unpaired) electrons. The zero-order valence-corrected chi connectivity index (χ0v) is 22.2. The number of benzene rings is 1. The van der Waals surface area contributed by atoms with E-state index in [0.717, 1.165) is 45.0 Å². The van der Waals surface area contributed by atoms with E-state index in [1.165, 1.54) is 11.1 Å². The lowest BCUT2D eigenvalue weighted by atomic mass is 9.98. The van der Waals surface area contributed by atoms with Crippen molar-refractivity contribution in [3.05, 3.63) is 35.4 Å². The first kappa shape index (κ1) is 26.9. The van der Waals surface area contributed by atoms with Crippen LogP contribution in [0.2, 0.25) is 0 Å². The number of ether oxygens (including phenoxy) is 2. The van der Waals surface area contributed by atoms with Crippen molar-refractivity contribution < 1.29 is 14.3 Å². The molecular weight excluding hydrogens is 519 g/mol. The summed E-state index contributed by atoms with van der Waals surface area (Å²) in [5.74, 6) is 0.675. The summed E-state index contributed by atoms with van der Waals surface area (Å²) < 4.78 is 11.0. The van der Waals surface area contributed by atoms with Crippen molar-refractivity contribution in [3.63, 3.8) is 0 Å². The fourth-order valence-electron chi connectivity index (χ4n) is 4.57. The van der Waals surface area contributed by atoms with Gasteiger partial charge in [0, 0.05) is 46.3 Å². The Morgan fingerprint density at radius 3 is 2.44 bits per heavy atom. The number of carbonyl (C=O) groups is 1. The second-order valence-corrected chi connectivity index (χ2v) is 8.71. The van der Waals surface area contributed by atoms with Gasteiger partial charge in [-0.1, -0.05) is 24.3 Å². The first-order valence-corrected chi connectivity index (χ1v) is 11.6. The minimum atomic E-state index is -0.0951. The lowest BCUT2D eigenvalue weighted by Gasteiger charge is -2.35. The molecule has 8 heteroatoms. The number of esters is 1. The Bertz CT molecular complexity index is 733. The van der Waals surface area contributed by atoms with Crippen LogP contribution in [0.15, 0.2) is 29.3 Å². The third kappa shape index (κ3) is 7.88. The van der Waals surface area contributed by atoms with Gasteiger partial charge >= 0.3 is 5.97 Å². The molecule has 1 N–H and O–H groups in total. The average Bonchev–Trinajstić information content (AvgIpc) is 2.75. The summed E-state index contributed by atoms with van der Waals surface area (Å²) in [5, 5.41) is 3.46. The molecule has 2 aliphatic rings. The maximum absolute atomic E-state index is 12.1. The SMILES string of the molecule is CCOC(=O)C1CCCN(C(=NC)NCc2ccc(CN3CC(C)OC(C)C3)cc2)C1.I. The highest BCUT2D eigenvalue weighted by atomic mass is 127. The van der Waals surface area contributed by atoms with Crippen molar-refractivity contribution in [2.45, 2.75) is 58.9 Å². The second kappa shape index (κ2) is 13.3. The molecule has 0 bridgehead atoms. The Morgan fingerprint density at radius 2 is 1.81 bits per heavy atom. The molecule has 2 aliphatic heterocycles. The monoisotopic (exact) mass is 558 g/mol. The van der Waals surface area contributed by atoms with E-state index < -0.39 is 0 Å². The van der Waals surface area contributed by atoms with Gasteiger partial charge < -0.3 is 19.7 Å². The van der Waals surface area contributed by atoms with Crippen molar-refractivity contribution in [2.75, 3.05) is 39.8 Å². The molecule has 3 rings (SSSR count). The number of rotatable bonds is 6. The van der Waals surface area contributed by atoms with E-state index in [9.17, 15) is 4.79 Å². The number of nitrogens with zero attached hydrogens (tertiary/aromatic N) is 3. The summed E-state index contributed by atoms with van der Waals surface area (Å²) in [4.78, 5) is 21.2. The molecular formula is C24H39IN4O3. The molecule has 2 heterocycles. The molecule has 1 aromatic carbocycles. The van der Waals surface area contributed by atoms with Crippen LogP contribution in [0.5, 0.6) is 0 Å². The molecule has 3 unspecified atom stereocenters. The second-order valence-electron chi connectivity index (χ2n) is 8.71. The Balaban J connectivity index is 0.00000363. The van der Waals surface area contributed by atoms with Gasteiger partial charge in [-0.3, -0.25) is 14.7 Å². The van der Waals surface area contributed by atoms with E-state index >= 15 is 0 Å². The highest BCUT2D eigenvalue weighted by Crippen LogP contribution is 2.18. The highest BCUT2D eigenvalue weighted by Gasteiger charge is 2.28. The summed E-state index contributed by atoms with van der Waals surface area (Å²) in [7, 11) is 1.80. The van der Waals surface area contributed by atoms with Crippen LogP contribution in [0.4, 0.5) is 0 Å². The molecule has 3 atom stereocenters. The molecule has 0 aromatic heterocycles. The number of carbonyl (C=O) groups excluding carboxylic acids is 1. The summed E-state index contributed by atoms with van der Waals surface area (Å²) in [5.41, 5.74) is 2.54. The summed E-state index contributed by atoms with van der Waals surface area (Å²) in [6.45, 7) is 11.8. The van der Waals surface area contributed by atoms with Crippen LogP contribution in [0.25, 0.3) is 0 Å². The molecule has 0 aliphatic carbocycles. The Morgan fingerprint density at radius 1 is 1.16 bits per heavy atom.